The molecule has 2 nitrogen and oxygen atoms in total. The second kappa shape index (κ2) is 6.19. The Morgan fingerprint density at radius 3 is 2.75 bits per heavy atom. The summed E-state index contributed by atoms with van der Waals surface area (Å²) in [5.74, 6) is 6.65. The highest BCUT2D eigenvalue weighted by molar-refractivity contribution is 5.36. The molecule has 1 aromatic carbocycles. The molecule has 0 aliphatic rings. The van der Waals surface area contributed by atoms with Crippen molar-refractivity contribution in [3.63, 3.8) is 0 Å². The third-order valence-corrected chi connectivity index (χ3v) is 2.34. The fraction of sp³-hybridized carbons (Fsp3) is 0.429. The molecule has 0 unspecified atom stereocenters. The number of aliphatic hydroxyl groups excluding tert-OH is 1. The van der Waals surface area contributed by atoms with Crippen molar-refractivity contribution in [1.82, 2.24) is 0 Å². The molecule has 0 spiro atoms. The molecular formula is C14H18O2. The SMILES string of the molecule is CC#CCCOc1ccc([C@H](C)O)cc1C. The summed E-state index contributed by atoms with van der Waals surface area (Å²) in [6.07, 6.45) is 0.312. The molecule has 86 valence electrons. The van der Waals surface area contributed by atoms with Crippen molar-refractivity contribution in [1.29, 1.82) is 0 Å². The van der Waals surface area contributed by atoms with Gasteiger partial charge in [0.1, 0.15) is 5.75 Å². The number of aryl methyl sites for hydroxylation is 1. The van der Waals surface area contributed by atoms with Crippen molar-refractivity contribution < 1.29 is 9.84 Å². The molecule has 0 aliphatic carbocycles. The van der Waals surface area contributed by atoms with Crippen LogP contribution in [0.2, 0.25) is 0 Å². The number of ether oxygens (including phenoxy) is 1. The van der Waals surface area contributed by atoms with Crippen LogP contribution in [-0.4, -0.2) is 11.7 Å². The summed E-state index contributed by atoms with van der Waals surface area (Å²) in [4.78, 5) is 0. The van der Waals surface area contributed by atoms with Crippen LogP contribution in [0.1, 0.15) is 37.5 Å². The molecule has 0 saturated heterocycles. The number of hydrogen-bond donors (Lipinski definition) is 1. The first-order valence-corrected chi connectivity index (χ1v) is 5.46. The summed E-state index contributed by atoms with van der Waals surface area (Å²) >= 11 is 0. The molecular weight excluding hydrogens is 200 g/mol. The molecule has 0 bridgehead atoms. The van der Waals surface area contributed by atoms with Gasteiger partial charge in [-0.15, -0.1) is 11.8 Å². The van der Waals surface area contributed by atoms with Gasteiger partial charge in [-0.2, -0.15) is 0 Å². The highest BCUT2D eigenvalue weighted by Gasteiger charge is 2.04. The van der Waals surface area contributed by atoms with Gasteiger partial charge < -0.3 is 9.84 Å². The van der Waals surface area contributed by atoms with E-state index in [1.165, 1.54) is 0 Å². The Morgan fingerprint density at radius 2 is 2.19 bits per heavy atom. The normalized spacial score (nSPS) is 11.5. The Bertz CT molecular complexity index is 397. The number of benzene rings is 1. The lowest BCUT2D eigenvalue weighted by Crippen LogP contribution is -1.99. The number of rotatable bonds is 4. The maximum atomic E-state index is 9.43. The fourth-order valence-corrected chi connectivity index (χ4v) is 1.43. The minimum absolute atomic E-state index is 0.432. The zero-order valence-corrected chi connectivity index (χ0v) is 10.1. The van der Waals surface area contributed by atoms with E-state index in [0.29, 0.717) is 6.61 Å². The Balaban J connectivity index is 2.63. The van der Waals surface area contributed by atoms with Crippen LogP contribution in [0.25, 0.3) is 0 Å². The van der Waals surface area contributed by atoms with Gasteiger partial charge in [0, 0.05) is 6.42 Å². The van der Waals surface area contributed by atoms with E-state index in [1.807, 2.05) is 32.0 Å². The summed E-state index contributed by atoms with van der Waals surface area (Å²) in [5.41, 5.74) is 1.96. The van der Waals surface area contributed by atoms with Gasteiger partial charge in [0.05, 0.1) is 12.7 Å². The monoisotopic (exact) mass is 218 g/mol. The van der Waals surface area contributed by atoms with E-state index in [2.05, 4.69) is 11.8 Å². The maximum Gasteiger partial charge on any atom is 0.122 e. The van der Waals surface area contributed by atoms with Crippen LogP contribution < -0.4 is 4.74 Å². The minimum Gasteiger partial charge on any atom is -0.492 e. The Morgan fingerprint density at radius 1 is 1.44 bits per heavy atom. The molecule has 0 saturated carbocycles. The van der Waals surface area contributed by atoms with Gasteiger partial charge in [-0.25, -0.2) is 0 Å². The van der Waals surface area contributed by atoms with Crippen molar-refractivity contribution in [2.75, 3.05) is 6.61 Å². The summed E-state index contributed by atoms with van der Waals surface area (Å²) in [7, 11) is 0. The molecule has 1 aromatic rings. The van der Waals surface area contributed by atoms with Crippen LogP contribution in [0, 0.1) is 18.8 Å². The van der Waals surface area contributed by atoms with Crippen molar-refractivity contribution in [3.8, 4) is 17.6 Å². The van der Waals surface area contributed by atoms with E-state index in [1.54, 1.807) is 6.92 Å². The Labute approximate surface area is 97.3 Å². The van der Waals surface area contributed by atoms with E-state index in [0.717, 1.165) is 23.3 Å². The lowest BCUT2D eigenvalue weighted by atomic mass is 10.1. The van der Waals surface area contributed by atoms with Crippen LogP contribution in [-0.2, 0) is 0 Å². The first-order chi connectivity index (χ1) is 7.65. The topological polar surface area (TPSA) is 29.5 Å². The van der Waals surface area contributed by atoms with Gasteiger partial charge in [0.2, 0.25) is 0 Å². The predicted octanol–water partition coefficient (Wildman–Crippen LogP) is 2.84. The largest absolute Gasteiger partial charge is 0.492 e. The molecule has 2 heteroatoms. The van der Waals surface area contributed by atoms with Gasteiger partial charge in [-0.05, 0) is 44.0 Å². The molecule has 0 heterocycles. The predicted molar refractivity (Wildman–Crippen MR) is 65.4 cm³/mol. The smallest absolute Gasteiger partial charge is 0.122 e. The zero-order chi connectivity index (χ0) is 12.0. The first-order valence-electron chi connectivity index (χ1n) is 5.46. The Hall–Kier alpha value is -1.46. The van der Waals surface area contributed by atoms with E-state index in [9.17, 15) is 5.11 Å². The van der Waals surface area contributed by atoms with E-state index >= 15 is 0 Å². The van der Waals surface area contributed by atoms with Gasteiger partial charge in [-0.1, -0.05) is 6.07 Å². The molecule has 1 atom stereocenters. The molecule has 0 aliphatic heterocycles. The molecule has 0 radical (unpaired) electrons. The molecule has 0 fully saturated rings. The first kappa shape index (κ1) is 12.6. The molecule has 0 aromatic heterocycles. The van der Waals surface area contributed by atoms with Crippen LogP contribution in [0.4, 0.5) is 0 Å². The molecule has 1 rings (SSSR count). The lowest BCUT2D eigenvalue weighted by molar-refractivity contribution is 0.199. The van der Waals surface area contributed by atoms with E-state index < -0.39 is 6.10 Å². The maximum absolute atomic E-state index is 9.43. The third-order valence-electron chi connectivity index (χ3n) is 2.34. The molecule has 1 N–H and O–H groups in total. The second-order valence-corrected chi connectivity index (χ2v) is 3.73. The van der Waals surface area contributed by atoms with Crippen LogP contribution in [0.3, 0.4) is 0 Å². The standard InChI is InChI=1S/C14H18O2/c1-4-5-6-9-16-14-8-7-13(12(3)15)10-11(14)2/h7-8,10,12,15H,6,9H2,1-3H3/t12-/m0/s1. The van der Waals surface area contributed by atoms with Crippen molar-refractivity contribution in [2.45, 2.75) is 33.3 Å². The number of aliphatic hydroxyl groups is 1. The second-order valence-electron chi connectivity index (χ2n) is 3.73. The quantitative estimate of drug-likeness (QED) is 0.622. The lowest BCUT2D eigenvalue weighted by Gasteiger charge is -2.11. The average Bonchev–Trinajstić information content (AvgIpc) is 2.26. The summed E-state index contributed by atoms with van der Waals surface area (Å²) < 4.78 is 5.59. The summed E-state index contributed by atoms with van der Waals surface area (Å²) in [5, 5.41) is 9.43. The van der Waals surface area contributed by atoms with Crippen LogP contribution in [0.5, 0.6) is 5.75 Å². The average molecular weight is 218 g/mol. The fourth-order valence-electron chi connectivity index (χ4n) is 1.43. The molecule has 0 amide bonds. The van der Waals surface area contributed by atoms with Crippen LogP contribution >= 0.6 is 0 Å². The van der Waals surface area contributed by atoms with E-state index in [-0.39, 0.29) is 0 Å². The van der Waals surface area contributed by atoms with Crippen molar-refractivity contribution in [3.05, 3.63) is 29.3 Å². The summed E-state index contributed by atoms with van der Waals surface area (Å²) in [6.45, 7) is 6.16. The highest BCUT2D eigenvalue weighted by atomic mass is 16.5. The van der Waals surface area contributed by atoms with Gasteiger partial charge >= 0.3 is 0 Å². The highest BCUT2D eigenvalue weighted by Crippen LogP contribution is 2.22. The van der Waals surface area contributed by atoms with Gasteiger partial charge in [0.15, 0.2) is 0 Å². The van der Waals surface area contributed by atoms with Gasteiger partial charge in [-0.3, -0.25) is 0 Å². The van der Waals surface area contributed by atoms with Crippen molar-refractivity contribution >= 4 is 0 Å². The Kier molecular flexibility index (Phi) is 4.88. The van der Waals surface area contributed by atoms with Crippen molar-refractivity contribution in [2.24, 2.45) is 0 Å². The zero-order valence-electron chi connectivity index (χ0n) is 10.1. The number of hydrogen-bond acceptors (Lipinski definition) is 2. The van der Waals surface area contributed by atoms with Crippen LogP contribution in [0.15, 0.2) is 18.2 Å². The summed E-state index contributed by atoms with van der Waals surface area (Å²) in [6, 6.07) is 5.74. The van der Waals surface area contributed by atoms with Gasteiger partial charge in [0.25, 0.3) is 0 Å². The van der Waals surface area contributed by atoms with E-state index in [4.69, 9.17) is 4.74 Å². The minimum atomic E-state index is -0.432. The third kappa shape index (κ3) is 3.60. The molecule has 16 heavy (non-hydrogen) atoms.